The maximum atomic E-state index is 12.2. The van der Waals surface area contributed by atoms with Crippen LogP contribution in [0.2, 0.25) is 0 Å². The SMILES string of the molecule is CC/C=C\CC1C(=O)CCC1CC(=O)N[C@H](C(=O)O)[C@@H](C)CC. The standard InChI is InChI=1S/C18H29NO4/c1-4-6-7-8-14-13(9-10-15(14)20)11-16(21)19-17(18(22)23)12(3)5-2/h6-7,12-14,17H,4-5,8-11H2,1-3H3,(H,19,21)(H,22,23)/b7-6-/t12-,13?,14?,17-/m0/s1. The molecule has 5 nitrogen and oxygen atoms in total. The fourth-order valence-electron chi connectivity index (χ4n) is 3.11. The Bertz CT molecular complexity index is 458. The molecule has 0 aliphatic heterocycles. The number of rotatable bonds is 9. The molecular formula is C18H29NO4. The second kappa shape index (κ2) is 9.48. The van der Waals surface area contributed by atoms with Crippen molar-refractivity contribution in [1.82, 2.24) is 5.32 Å². The van der Waals surface area contributed by atoms with Gasteiger partial charge in [0, 0.05) is 18.8 Å². The zero-order chi connectivity index (χ0) is 17.4. The van der Waals surface area contributed by atoms with Gasteiger partial charge in [0.2, 0.25) is 5.91 Å². The van der Waals surface area contributed by atoms with E-state index in [1.165, 1.54) is 0 Å². The molecule has 1 amide bonds. The number of nitrogens with one attached hydrogen (secondary N) is 1. The highest BCUT2D eigenvalue weighted by Gasteiger charge is 2.35. The average Bonchev–Trinajstić information content (AvgIpc) is 2.84. The molecule has 4 atom stereocenters. The minimum atomic E-state index is -1.00. The van der Waals surface area contributed by atoms with Gasteiger partial charge >= 0.3 is 5.97 Å². The molecule has 0 aromatic heterocycles. The van der Waals surface area contributed by atoms with E-state index in [4.69, 9.17) is 0 Å². The van der Waals surface area contributed by atoms with Crippen molar-refractivity contribution in [3.8, 4) is 0 Å². The lowest BCUT2D eigenvalue weighted by atomic mass is 9.89. The van der Waals surface area contributed by atoms with Crippen molar-refractivity contribution in [3.63, 3.8) is 0 Å². The molecule has 1 fully saturated rings. The summed E-state index contributed by atoms with van der Waals surface area (Å²) in [6.07, 6.45) is 7.82. The minimum Gasteiger partial charge on any atom is -0.480 e. The summed E-state index contributed by atoms with van der Waals surface area (Å²) in [4.78, 5) is 35.5. The van der Waals surface area contributed by atoms with E-state index in [9.17, 15) is 19.5 Å². The van der Waals surface area contributed by atoms with E-state index in [1.807, 2.05) is 32.9 Å². The number of hydrogen-bond acceptors (Lipinski definition) is 3. The number of carboxylic acid groups (broad SMARTS) is 1. The van der Waals surface area contributed by atoms with Gasteiger partial charge in [-0.15, -0.1) is 0 Å². The molecule has 2 unspecified atom stereocenters. The maximum Gasteiger partial charge on any atom is 0.326 e. The Labute approximate surface area is 138 Å². The van der Waals surface area contributed by atoms with Gasteiger partial charge in [-0.3, -0.25) is 9.59 Å². The molecular weight excluding hydrogens is 294 g/mol. The molecule has 1 saturated carbocycles. The number of carboxylic acids is 1. The van der Waals surface area contributed by atoms with Crippen LogP contribution >= 0.6 is 0 Å². The Morgan fingerprint density at radius 1 is 1.35 bits per heavy atom. The lowest BCUT2D eigenvalue weighted by molar-refractivity contribution is -0.143. The molecule has 0 heterocycles. The first kappa shape index (κ1) is 19.4. The molecule has 1 aliphatic rings. The summed E-state index contributed by atoms with van der Waals surface area (Å²) in [7, 11) is 0. The third kappa shape index (κ3) is 5.81. The lowest BCUT2D eigenvalue weighted by Crippen LogP contribution is -2.45. The Morgan fingerprint density at radius 3 is 2.61 bits per heavy atom. The van der Waals surface area contributed by atoms with Gasteiger partial charge < -0.3 is 10.4 Å². The molecule has 1 aliphatic carbocycles. The zero-order valence-corrected chi connectivity index (χ0v) is 14.4. The molecule has 0 radical (unpaired) electrons. The fraction of sp³-hybridized carbons (Fsp3) is 0.722. The second-order valence-corrected chi connectivity index (χ2v) is 6.46. The number of ketones is 1. The van der Waals surface area contributed by atoms with Crippen molar-refractivity contribution in [1.29, 1.82) is 0 Å². The van der Waals surface area contributed by atoms with Crippen LogP contribution in [0, 0.1) is 17.8 Å². The molecule has 130 valence electrons. The molecule has 0 aromatic carbocycles. The first-order valence-corrected chi connectivity index (χ1v) is 8.60. The van der Waals surface area contributed by atoms with E-state index in [-0.39, 0.29) is 35.9 Å². The summed E-state index contributed by atoms with van der Waals surface area (Å²) in [5, 5.41) is 11.9. The smallest absolute Gasteiger partial charge is 0.326 e. The van der Waals surface area contributed by atoms with Gasteiger partial charge in [-0.25, -0.2) is 4.79 Å². The Hall–Kier alpha value is -1.65. The first-order chi connectivity index (χ1) is 10.9. The van der Waals surface area contributed by atoms with E-state index in [0.717, 1.165) is 12.8 Å². The molecule has 5 heteroatoms. The van der Waals surface area contributed by atoms with Crippen LogP contribution in [-0.4, -0.2) is 28.8 Å². The van der Waals surface area contributed by atoms with Crippen LogP contribution < -0.4 is 5.32 Å². The van der Waals surface area contributed by atoms with Gasteiger partial charge in [-0.2, -0.15) is 0 Å². The van der Waals surface area contributed by atoms with Gasteiger partial charge in [-0.1, -0.05) is 39.3 Å². The molecule has 23 heavy (non-hydrogen) atoms. The molecule has 0 spiro atoms. The van der Waals surface area contributed by atoms with Crippen LogP contribution in [-0.2, 0) is 14.4 Å². The summed E-state index contributed by atoms with van der Waals surface area (Å²) >= 11 is 0. The number of carbonyl (C=O) groups is 3. The van der Waals surface area contributed by atoms with E-state index >= 15 is 0 Å². The number of carbonyl (C=O) groups excluding carboxylic acids is 2. The molecule has 0 bridgehead atoms. The Balaban J connectivity index is 2.62. The molecule has 1 rings (SSSR count). The number of amides is 1. The van der Waals surface area contributed by atoms with Crippen LogP contribution in [0.5, 0.6) is 0 Å². The van der Waals surface area contributed by atoms with Crippen LogP contribution in [0.1, 0.15) is 59.3 Å². The maximum absolute atomic E-state index is 12.2. The van der Waals surface area contributed by atoms with Crippen molar-refractivity contribution in [2.75, 3.05) is 0 Å². The van der Waals surface area contributed by atoms with Gasteiger partial charge in [0.1, 0.15) is 11.8 Å². The van der Waals surface area contributed by atoms with Gasteiger partial charge in [-0.05, 0) is 31.1 Å². The van der Waals surface area contributed by atoms with Gasteiger partial charge in [0.15, 0.2) is 0 Å². The van der Waals surface area contributed by atoms with Crippen molar-refractivity contribution in [2.45, 2.75) is 65.3 Å². The Kier molecular flexibility index (Phi) is 8.00. The molecule has 2 N–H and O–H groups in total. The summed E-state index contributed by atoms with van der Waals surface area (Å²) in [6, 6.07) is -0.858. The fourth-order valence-corrected chi connectivity index (χ4v) is 3.11. The highest BCUT2D eigenvalue weighted by atomic mass is 16.4. The third-order valence-electron chi connectivity index (χ3n) is 4.78. The monoisotopic (exact) mass is 323 g/mol. The summed E-state index contributed by atoms with van der Waals surface area (Å²) in [6.45, 7) is 5.76. The van der Waals surface area contributed by atoms with Crippen molar-refractivity contribution in [3.05, 3.63) is 12.2 Å². The van der Waals surface area contributed by atoms with E-state index in [1.54, 1.807) is 0 Å². The normalized spacial score (nSPS) is 23.9. The first-order valence-electron chi connectivity index (χ1n) is 8.60. The van der Waals surface area contributed by atoms with Crippen molar-refractivity contribution >= 4 is 17.7 Å². The largest absolute Gasteiger partial charge is 0.480 e. The quantitative estimate of drug-likeness (QED) is 0.639. The van der Waals surface area contributed by atoms with Crippen LogP contribution in [0.15, 0.2) is 12.2 Å². The molecule has 0 aromatic rings. The lowest BCUT2D eigenvalue weighted by Gasteiger charge is -2.22. The van der Waals surface area contributed by atoms with E-state index < -0.39 is 12.0 Å². The third-order valence-corrected chi connectivity index (χ3v) is 4.78. The van der Waals surface area contributed by atoms with E-state index in [0.29, 0.717) is 19.3 Å². The van der Waals surface area contributed by atoms with Crippen molar-refractivity contribution < 1.29 is 19.5 Å². The average molecular weight is 323 g/mol. The van der Waals surface area contributed by atoms with Crippen LogP contribution in [0.25, 0.3) is 0 Å². The van der Waals surface area contributed by atoms with Gasteiger partial charge in [0.05, 0.1) is 0 Å². The highest BCUT2D eigenvalue weighted by molar-refractivity contribution is 5.87. The second-order valence-electron chi connectivity index (χ2n) is 6.46. The minimum absolute atomic E-state index is 0.0235. The number of aliphatic carboxylic acids is 1. The summed E-state index contributed by atoms with van der Waals surface area (Å²) in [5.41, 5.74) is 0. The number of hydrogen-bond donors (Lipinski definition) is 2. The zero-order valence-electron chi connectivity index (χ0n) is 14.4. The summed E-state index contributed by atoms with van der Waals surface area (Å²) in [5.74, 6) is -1.24. The molecule has 0 saturated heterocycles. The number of allylic oxidation sites excluding steroid dienone is 2. The van der Waals surface area contributed by atoms with E-state index in [2.05, 4.69) is 5.32 Å². The topological polar surface area (TPSA) is 83.5 Å². The predicted molar refractivity (Wildman–Crippen MR) is 88.9 cm³/mol. The highest BCUT2D eigenvalue weighted by Crippen LogP contribution is 2.34. The predicted octanol–water partition coefficient (Wildman–Crippen LogP) is 2.94. The van der Waals surface area contributed by atoms with Crippen LogP contribution in [0.3, 0.4) is 0 Å². The van der Waals surface area contributed by atoms with Crippen LogP contribution in [0.4, 0.5) is 0 Å². The Morgan fingerprint density at radius 2 is 2.04 bits per heavy atom. The number of Topliss-reactive ketones (excluding diaryl/α,β-unsaturated/α-hetero) is 1. The van der Waals surface area contributed by atoms with Crippen molar-refractivity contribution in [2.24, 2.45) is 17.8 Å². The summed E-state index contributed by atoms with van der Waals surface area (Å²) < 4.78 is 0. The van der Waals surface area contributed by atoms with Gasteiger partial charge in [0.25, 0.3) is 0 Å².